The van der Waals surface area contributed by atoms with Gasteiger partial charge in [0.2, 0.25) is 0 Å². The third kappa shape index (κ3) is 2.54. The molecule has 4 heteroatoms. The van der Waals surface area contributed by atoms with Crippen LogP contribution in [-0.4, -0.2) is 15.5 Å². The Morgan fingerprint density at radius 1 is 1.38 bits per heavy atom. The summed E-state index contributed by atoms with van der Waals surface area (Å²) in [6, 6.07) is 5.75. The molecule has 16 heavy (non-hydrogen) atoms. The van der Waals surface area contributed by atoms with Crippen molar-refractivity contribution in [3.63, 3.8) is 0 Å². The largest absolute Gasteiger partial charge is 0.341 e. The van der Waals surface area contributed by atoms with E-state index in [1.54, 1.807) is 0 Å². The summed E-state index contributed by atoms with van der Waals surface area (Å²) in [5.41, 5.74) is 1.91. The summed E-state index contributed by atoms with van der Waals surface area (Å²) in [4.78, 5) is 7.72. The summed E-state index contributed by atoms with van der Waals surface area (Å²) >= 11 is 6.06. The Bertz CT molecular complexity index is 496. The monoisotopic (exact) mass is 237 g/mol. The van der Waals surface area contributed by atoms with Crippen LogP contribution in [0.3, 0.4) is 0 Å². The molecular formula is C12H16ClN3. The zero-order valence-corrected chi connectivity index (χ0v) is 10.5. The number of hydrogen-bond acceptors (Lipinski definition) is 2. The van der Waals surface area contributed by atoms with E-state index in [1.165, 1.54) is 0 Å². The summed E-state index contributed by atoms with van der Waals surface area (Å²) in [5, 5.41) is 4.07. The number of aromatic amines is 1. The van der Waals surface area contributed by atoms with Gasteiger partial charge in [0.05, 0.1) is 17.1 Å². The van der Waals surface area contributed by atoms with Crippen LogP contribution in [0.4, 0.5) is 0 Å². The molecule has 0 aliphatic carbocycles. The molecule has 0 unspecified atom stereocenters. The van der Waals surface area contributed by atoms with Crippen molar-refractivity contribution < 1.29 is 0 Å². The third-order valence-electron chi connectivity index (χ3n) is 2.30. The molecule has 0 spiro atoms. The molecule has 0 aliphatic rings. The number of nitrogens with zero attached hydrogens (tertiary/aromatic N) is 1. The van der Waals surface area contributed by atoms with Crippen molar-refractivity contribution in [1.82, 2.24) is 15.3 Å². The lowest BCUT2D eigenvalue weighted by molar-refractivity contribution is 0.419. The fourth-order valence-electron chi connectivity index (χ4n) is 1.48. The van der Waals surface area contributed by atoms with Crippen molar-refractivity contribution in [1.29, 1.82) is 0 Å². The highest BCUT2D eigenvalue weighted by Crippen LogP contribution is 2.20. The highest BCUT2D eigenvalue weighted by atomic mass is 35.5. The van der Waals surface area contributed by atoms with Gasteiger partial charge in [-0.1, -0.05) is 17.7 Å². The van der Waals surface area contributed by atoms with Crippen LogP contribution in [0.25, 0.3) is 11.0 Å². The maximum atomic E-state index is 6.06. The van der Waals surface area contributed by atoms with Crippen LogP contribution >= 0.6 is 11.6 Å². The number of halogens is 1. The van der Waals surface area contributed by atoms with E-state index in [0.717, 1.165) is 16.9 Å². The van der Waals surface area contributed by atoms with Crippen molar-refractivity contribution in [2.45, 2.75) is 32.9 Å². The van der Waals surface area contributed by atoms with Gasteiger partial charge in [-0.05, 0) is 32.9 Å². The first-order valence-electron chi connectivity index (χ1n) is 5.34. The summed E-state index contributed by atoms with van der Waals surface area (Å²) in [7, 11) is 0. The van der Waals surface area contributed by atoms with Crippen molar-refractivity contribution >= 4 is 22.6 Å². The van der Waals surface area contributed by atoms with Crippen molar-refractivity contribution in [2.75, 3.05) is 0 Å². The Hall–Kier alpha value is -1.06. The van der Waals surface area contributed by atoms with Gasteiger partial charge in [-0.15, -0.1) is 0 Å². The van der Waals surface area contributed by atoms with Crippen LogP contribution in [0, 0.1) is 0 Å². The number of fused-ring (bicyclic) bond motifs is 1. The van der Waals surface area contributed by atoms with Gasteiger partial charge in [-0.25, -0.2) is 4.98 Å². The van der Waals surface area contributed by atoms with E-state index in [-0.39, 0.29) is 5.54 Å². The first-order valence-corrected chi connectivity index (χ1v) is 5.72. The fraction of sp³-hybridized carbons (Fsp3) is 0.417. The SMILES string of the molecule is CC(C)(C)NCc1nc2c(Cl)cccc2[nH]1. The van der Waals surface area contributed by atoms with Crippen LogP contribution in [0.1, 0.15) is 26.6 Å². The minimum Gasteiger partial charge on any atom is -0.341 e. The van der Waals surface area contributed by atoms with Crippen LogP contribution in [-0.2, 0) is 6.54 Å². The third-order valence-corrected chi connectivity index (χ3v) is 2.60. The summed E-state index contributed by atoms with van der Waals surface area (Å²) in [6.07, 6.45) is 0. The Labute approximate surface area is 100 Å². The molecule has 1 aromatic heterocycles. The van der Waals surface area contributed by atoms with E-state index in [9.17, 15) is 0 Å². The maximum absolute atomic E-state index is 6.06. The Morgan fingerprint density at radius 2 is 2.12 bits per heavy atom. The molecule has 86 valence electrons. The Morgan fingerprint density at radius 3 is 2.75 bits per heavy atom. The molecule has 0 atom stereocenters. The number of para-hydroxylation sites is 1. The fourth-order valence-corrected chi connectivity index (χ4v) is 1.70. The number of rotatable bonds is 2. The van der Waals surface area contributed by atoms with Gasteiger partial charge >= 0.3 is 0 Å². The summed E-state index contributed by atoms with van der Waals surface area (Å²) in [6.45, 7) is 7.10. The summed E-state index contributed by atoms with van der Waals surface area (Å²) in [5.74, 6) is 0.915. The lowest BCUT2D eigenvalue weighted by Gasteiger charge is -2.19. The molecule has 0 radical (unpaired) electrons. The van der Waals surface area contributed by atoms with E-state index in [1.807, 2.05) is 18.2 Å². The molecule has 2 N–H and O–H groups in total. The Balaban J connectivity index is 2.24. The van der Waals surface area contributed by atoms with Crippen molar-refractivity contribution in [2.24, 2.45) is 0 Å². The van der Waals surface area contributed by atoms with E-state index in [0.29, 0.717) is 11.6 Å². The zero-order valence-electron chi connectivity index (χ0n) is 9.76. The normalized spacial score (nSPS) is 12.2. The average molecular weight is 238 g/mol. The lowest BCUT2D eigenvalue weighted by Crippen LogP contribution is -2.35. The predicted molar refractivity (Wildman–Crippen MR) is 67.7 cm³/mol. The maximum Gasteiger partial charge on any atom is 0.121 e. The first kappa shape index (κ1) is 11.4. The molecule has 1 aromatic carbocycles. The standard InChI is InChI=1S/C12H16ClN3/c1-12(2,3)14-7-10-15-9-6-4-5-8(13)11(9)16-10/h4-6,14H,7H2,1-3H3,(H,15,16). The molecule has 0 saturated carbocycles. The van der Waals surface area contributed by atoms with E-state index in [2.05, 4.69) is 36.1 Å². The molecule has 2 aromatic rings. The number of hydrogen-bond donors (Lipinski definition) is 2. The van der Waals surface area contributed by atoms with Gasteiger partial charge in [-0.2, -0.15) is 0 Å². The predicted octanol–water partition coefficient (Wildman–Crippen LogP) is 3.10. The van der Waals surface area contributed by atoms with Crippen LogP contribution < -0.4 is 5.32 Å². The molecule has 1 heterocycles. The average Bonchev–Trinajstić information content (AvgIpc) is 2.58. The van der Waals surface area contributed by atoms with Gasteiger partial charge in [-0.3, -0.25) is 0 Å². The van der Waals surface area contributed by atoms with Gasteiger partial charge in [0.1, 0.15) is 11.3 Å². The quantitative estimate of drug-likeness (QED) is 0.843. The molecule has 0 bridgehead atoms. The van der Waals surface area contributed by atoms with Crippen LogP contribution in [0.15, 0.2) is 18.2 Å². The van der Waals surface area contributed by atoms with Crippen molar-refractivity contribution in [3.8, 4) is 0 Å². The van der Waals surface area contributed by atoms with Crippen molar-refractivity contribution in [3.05, 3.63) is 29.0 Å². The smallest absolute Gasteiger partial charge is 0.121 e. The molecule has 3 nitrogen and oxygen atoms in total. The molecular weight excluding hydrogens is 222 g/mol. The van der Waals surface area contributed by atoms with E-state index < -0.39 is 0 Å². The molecule has 0 fully saturated rings. The zero-order chi connectivity index (χ0) is 11.8. The van der Waals surface area contributed by atoms with Gasteiger partial charge in [0.25, 0.3) is 0 Å². The van der Waals surface area contributed by atoms with Gasteiger partial charge < -0.3 is 10.3 Å². The van der Waals surface area contributed by atoms with E-state index in [4.69, 9.17) is 11.6 Å². The highest BCUT2D eigenvalue weighted by Gasteiger charge is 2.11. The number of nitrogens with one attached hydrogen (secondary N) is 2. The minimum absolute atomic E-state index is 0.0861. The number of H-pyrrole nitrogens is 1. The van der Waals surface area contributed by atoms with E-state index >= 15 is 0 Å². The lowest BCUT2D eigenvalue weighted by atomic mass is 10.1. The molecule has 0 aliphatic heterocycles. The Kier molecular flexibility index (Phi) is 2.91. The van der Waals surface area contributed by atoms with Gasteiger partial charge in [0, 0.05) is 5.54 Å². The minimum atomic E-state index is 0.0861. The van der Waals surface area contributed by atoms with Crippen LogP contribution in [0.2, 0.25) is 5.02 Å². The van der Waals surface area contributed by atoms with Crippen LogP contribution in [0.5, 0.6) is 0 Å². The highest BCUT2D eigenvalue weighted by molar-refractivity contribution is 6.34. The number of aromatic nitrogens is 2. The molecule has 0 saturated heterocycles. The second kappa shape index (κ2) is 4.07. The molecule has 2 rings (SSSR count). The number of imidazole rings is 1. The molecule has 0 amide bonds. The first-order chi connectivity index (χ1) is 7.46. The number of benzene rings is 1. The summed E-state index contributed by atoms with van der Waals surface area (Å²) < 4.78 is 0. The second-order valence-corrected chi connectivity index (χ2v) is 5.33. The van der Waals surface area contributed by atoms with Gasteiger partial charge in [0.15, 0.2) is 0 Å². The second-order valence-electron chi connectivity index (χ2n) is 4.92. The topological polar surface area (TPSA) is 40.7 Å².